The van der Waals surface area contributed by atoms with Crippen molar-refractivity contribution in [1.29, 1.82) is 0 Å². The highest BCUT2D eigenvalue weighted by atomic mass is 32.1. The summed E-state index contributed by atoms with van der Waals surface area (Å²) in [5, 5.41) is 8.70. The molecule has 3 rings (SSSR count). The largest absolute Gasteiger partial charge is 0.372 e. The second kappa shape index (κ2) is 4.42. The summed E-state index contributed by atoms with van der Waals surface area (Å²) in [5.41, 5.74) is 2.47. The van der Waals surface area contributed by atoms with Crippen molar-refractivity contribution < 1.29 is 0 Å². The van der Waals surface area contributed by atoms with Gasteiger partial charge in [-0.2, -0.15) is 0 Å². The minimum Gasteiger partial charge on any atom is -0.372 e. The molecule has 0 amide bonds. The van der Waals surface area contributed by atoms with Gasteiger partial charge in [-0.05, 0) is 23.8 Å². The Hall–Kier alpha value is -1.87. The van der Waals surface area contributed by atoms with Crippen molar-refractivity contribution in [3.8, 4) is 10.6 Å². The summed E-state index contributed by atoms with van der Waals surface area (Å²) in [7, 11) is 1.89. The van der Waals surface area contributed by atoms with Gasteiger partial charge in [-0.15, -0.1) is 11.3 Å². The molecule has 2 aromatic carbocycles. The van der Waals surface area contributed by atoms with E-state index in [1.165, 1.54) is 21.9 Å². The van der Waals surface area contributed by atoms with E-state index in [2.05, 4.69) is 53.6 Å². The van der Waals surface area contributed by atoms with E-state index in [-0.39, 0.29) is 0 Å². The van der Waals surface area contributed by atoms with Gasteiger partial charge in [0.15, 0.2) is 0 Å². The van der Waals surface area contributed by atoms with Crippen molar-refractivity contribution in [2.24, 2.45) is 0 Å². The number of rotatable bonds is 2. The molecule has 0 aliphatic carbocycles. The summed E-state index contributed by atoms with van der Waals surface area (Å²) in [6.07, 6.45) is 0. The molecule has 1 heterocycles. The van der Waals surface area contributed by atoms with Crippen LogP contribution in [0, 0.1) is 6.92 Å². The highest BCUT2D eigenvalue weighted by molar-refractivity contribution is 7.13. The van der Waals surface area contributed by atoms with Crippen LogP contribution in [0.5, 0.6) is 0 Å². The average Bonchev–Trinajstić information content (AvgIpc) is 2.87. The number of hydrogen-bond acceptors (Lipinski definition) is 3. The molecule has 18 heavy (non-hydrogen) atoms. The van der Waals surface area contributed by atoms with Crippen molar-refractivity contribution in [3.05, 3.63) is 47.3 Å². The van der Waals surface area contributed by atoms with E-state index in [4.69, 9.17) is 0 Å². The van der Waals surface area contributed by atoms with E-state index >= 15 is 0 Å². The Morgan fingerprint density at radius 1 is 1.06 bits per heavy atom. The lowest BCUT2D eigenvalue weighted by Gasteiger charge is -2.02. The van der Waals surface area contributed by atoms with Gasteiger partial charge < -0.3 is 5.32 Å². The molecule has 0 bridgehead atoms. The molecule has 2 nitrogen and oxygen atoms in total. The Bertz CT molecular complexity index is 701. The first-order chi connectivity index (χ1) is 8.76. The van der Waals surface area contributed by atoms with Gasteiger partial charge in [0.2, 0.25) is 0 Å². The topological polar surface area (TPSA) is 24.9 Å². The smallest absolute Gasteiger partial charge is 0.137 e. The number of aryl methyl sites for hydroxylation is 1. The van der Waals surface area contributed by atoms with E-state index in [0.29, 0.717) is 0 Å². The summed E-state index contributed by atoms with van der Waals surface area (Å²) < 4.78 is 0. The fourth-order valence-corrected chi connectivity index (χ4v) is 2.83. The normalized spacial score (nSPS) is 10.8. The van der Waals surface area contributed by atoms with Crippen molar-refractivity contribution in [3.63, 3.8) is 0 Å². The first kappa shape index (κ1) is 11.2. The van der Waals surface area contributed by atoms with Crippen LogP contribution in [0.25, 0.3) is 21.3 Å². The summed E-state index contributed by atoms with van der Waals surface area (Å²) in [6.45, 7) is 2.12. The SMILES string of the molecule is CNc1csc(-c2ccc3cc(C)ccc3c2)n1. The lowest BCUT2D eigenvalue weighted by molar-refractivity contribution is 1.35. The predicted octanol–water partition coefficient (Wildman–Crippen LogP) is 4.31. The fourth-order valence-electron chi connectivity index (χ4n) is 2.02. The third kappa shape index (κ3) is 1.97. The van der Waals surface area contributed by atoms with Crippen molar-refractivity contribution in [2.45, 2.75) is 6.92 Å². The quantitative estimate of drug-likeness (QED) is 0.737. The minimum atomic E-state index is 0.930. The standard InChI is InChI=1S/C15H14N2S/c1-10-3-4-12-8-13(6-5-11(12)7-10)15-17-14(16-2)9-18-15/h3-9,16H,1-2H3. The zero-order valence-electron chi connectivity index (χ0n) is 10.4. The lowest BCUT2D eigenvalue weighted by atomic mass is 10.1. The number of aromatic nitrogens is 1. The van der Waals surface area contributed by atoms with E-state index < -0.39 is 0 Å². The number of thiazole rings is 1. The van der Waals surface area contributed by atoms with Crippen molar-refractivity contribution in [2.75, 3.05) is 12.4 Å². The van der Waals surface area contributed by atoms with E-state index in [1.807, 2.05) is 12.4 Å². The molecule has 0 saturated carbocycles. The van der Waals surface area contributed by atoms with Crippen LogP contribution >= 0.6 is 11.3 Å². The summed E-state index contributed by atoms with van der Waals surface area (Å²) >= 11 is 1.67. The summed E-state index contributed by atoms with van der Waals surface area (Å²) in [5.74, 6) is 0.930. The maximum atomic E-state index is 4.53. The first-order valence-corrected chi connectivity index (χ1v) is 6.78. The summed E-state index contributed by atoms with van der Waals surface area (Å²) in [4.78, 5) is 4.53. The molecular weight excluding hydrogens is 240 g/mol. The van der Waals surface area contributed by atoms with Crippen LogP contribution < -0.4 is 5.32 Å². The molecule has 0 saturated heterocycles. The third-order valence-electron chi connectivity index (χ3n) is 3.00. The molecular formula is C15H14N2S. The van der Waals surface area contributed by atoms with E-state index in [0.717, 1.165) is 10.8 Å². The molecule has 1 aromatic heterocycles. The van der Waals surface area contributed by atoms with Gasteiger partial charge >= 0.3 is 0 Å². The number of hydrogen-bond donors (Lipinski definition) is 1. The number of anilines is 1. The molecule has 0 aliphatic rings. The second-order valence-corrected chi connectivity index (χ2v) is 5.21. The van der Waals surface area contributed by atoms with Crippen LogP contribution in [-0.2, 0) is 0 Å². The van der Waals surface area contributed by atoms with Gasteiger partial charge in [0.05, 0.1) is 0 Å². The van der Waals surface area contributed by atoms with Crippen molar-refractivity contribution >= 4 is 27.9 Å². The predicted molar refractivity (Wildman–Crippen MR) is 79.3 cm³/mol. The van der Waals surface area contributed by atoms with Gasteiger partial charge in [-0.1, -0.05) is 35.9 Å². The van der Waals surface area contributed by atoms with Gasteiger partial charge in [-0.25, -0.2) is 4.98 Å². The maximum absolute atomic E-state index is 4.53. The molecule has 0 spiro atoms. The first-order valence-electron chi connectivity index (χ1n) is 5.90. The van der Waals surface area contributed by atoms with Gasteiger partial charge in [0.25, 0.3) is 0 Å². The highest BCUT2D eigenvalue weighted by Gasteiger charge is 2.04. The highest BCUT2D eigenvalue weighted by Crippen LogP contribution is 2.28. The van der Waals surface area contributed by atoms with Crippen LogP contribution in [0.1, 0.15) is 5.56 Å². The molecule has 0 fully saturated rings. The fraction of sp³-hybridized carbons (Fsp3) is 0.133. The molecule has 3 aromatic rings. The van der Waals surface area contributed by atoms with Gasteiger partial charge in [0, 0.05) is 18.0 Å². The molecule has 0 aliphatic heterocycles. The molecule has 0 radical (unpaired) electrons. The van der Waals surface area contributed by atoms with Crippen molar-refractivity contribution in [1.82, 2.24) is 4.98 Å². The summed E-state index contributed by atoms with van der Waals surface area (Å²) in [6, 6.07) is 13.0. The zero-order valence-corrected chi connectivity index (χ0v) is 11.2. The number of nitrogens with one attached hydrogen (secondary N) is 1. The number of nitrogens with zero attached hydrogens (tertiary/aromatic N) is 1. The molecule has 0 unspecified atom stereocenters. The molecule has 3 heteroatoms. The number of benzene rings is 2. The minimum absolute atomic E-state index is 0.930. The van der Waals surface area contributed by atoms with Gasteiger partial charge in [-0.3, -0.25) is 0 Å². The molecule has 1 N–H and O–H groups in total. The Morgan fingerprint density at radius 2 is 1.83 bits per heavy atom. The van der Waals surface area contributed by atoms with E-state index in [1.54, 1.807) is 11.3 Å². The Balaban J connectivity index is 2.10. The zero-order chi connectivity index (χ0) is 12.5. The van der Waals surface area contributed by atoms with E-state index in [9.17, 15) is 0 Å². The Morgan fingerprint density at radius 3 is 2.61 bits per heavy atom. The average molecular weight is 254 g/mol. The Kier molecular flexibility index (Phi) is 2.76. The third-order valence-corrected chi connectivity index (χ3v) is 3.89. The monoisotopic (exact) mass is 254 g/mol. The second-order valence-electron chi connectivity index (χ2n) is 4.35. The van der Waals surface area contributed by atoms with Crippen LogP contribution in [0.15, 0.2) is 41.8 Å². The van der Waals surface area contributed by atoms with Crippen LogP contribution in [0.3, 0.4) is 0 Å². The molecule has 0 atom stereocenters. The molecule has 90 valence electrons. The lowest BCUT2D eigenvalue weighted by Crippen LogP contribution is -1.87. The number of fused-ring (bicyclic) bond motifs is 1. The van der Waals surface area contributed by atoms with Gasteiger partial charge in [0.1, 0.15) is 10.8 Å². The van der Waals surface area contributed by atoms with Crippen LogP contribution in [-0.4, -0.2) is 12.0 Å². The Labute approximate surface area is 110 Å². The van der Waals surface area contributed by atoms with Crippen LogP contribution in [0.2, 0.25) is 0 Å². The van der Waals surface area contributed by atoms with Crippen LogP contribution in [0.4, 0.5) is 5.82 Å². The maximum Gasteiger partial charge on any atom is 0.137 e.